The number of aromatic nitrogens is 2. The molecule has 0 saturated carbocycles. The van der Waals surface area contributed by atoms with E-state index in [4.69, 9.17) is 14.5 Å². The molecular weight excluding hydrogens is 400 g/mol. The summed E-state index contributed by atoms with van der Waals surface area (Å²) in [6, 6.07) is 16.3. The average molecular weight is 423 g/mol. The van der Waals surface area contributed by atoms with Crippen molar-refractivity contribution in [2.45, 2.75) is 4.90 Å². The van der Waals surface area contributed by atoms with Gasteiger partial charge in [0.1, 0.15) is 11.6 Å². The number of hydrogen-bond donors (Lipinski definition) is 1. The fourth-order valence-corrected chi connectivity index (χ4v) is 3.60. The Morgan fingerprint density at radius 3 is 2.53 bits per heavy atom. The van der Waals surface area contributed by atoms with Crippen LogP contribution >= 0.6 is 11.8 Å². The van der Waals surface area contributed by atoms with Gasteiger partial charge in [-0.25, -0.2) is 14.8 Å². The molecule has 1 aromatic heterocycles. The van der Waals surface area contributed by atoms with E-state index in [0.717, 1.165) is 29.4 Å². The number of nitrogens with zero attached hydrogens (tertiary/aromatic N) is 3. The number of amides is 1. The maximum absolute atomic E-state index is 12.1. The molecule has 154 valence electrons. The highest BCUT2D eigenvalue weighted by Gasteiger charge is 2.18. The van der Waals surface area contributed by atoms with Gasteiger partial charge >= 0.3 is 6.09 Å². The molecule has 3 aromatic rings. The first kappa shape index (κ1) is 20.2. The van der Waals surface area contributed by atoms with Gasteiger partial charge in [0, 0.05) is 30.5 Å². The van der Waals surface area contributed by atoms with E-state index < -0.39 is 6.09 Å². The van der Waals surface area contributed by atoms with Crippen molar-refractivity contribution >= 4 is 29.4 Å². The lowest BCUT2D eigenvalue weighted by Gasteiger charge is -2.29. The lowest BCUT2D eigenvalue weighted by Crippen LogP contribution is -2.37. The second-order valence-electron chi connectivity index (χ2n) is 6.59. The molecule has 1 N–H and O–H groups in total. The summed E-state index contributed by atoms with van der Waals surface area (Å²) < 4.78 is 10.7. The van der Waals surface area contributed by atoms with Crippen molar-refractivity contribution in [3.8, 4) is 17.1 Å². The van der Waals surface area contributed by atoms with Crippen molar-refractivity contribution < 1.29 is 14.3 Å². The van der Waals surface area contributed by atoms with Crippen LogP contribution in [-0.4, -0.2) is 48.6 Å². The van der Waals surface area contributed by atoms with Gasteiger partial charge in [0.15, 0.2) is 5.82 Å². The molecule has 1 aliphatic rings. The number of carbonyl (C=O) groups is 1. The Balaban J connectivity index is 1.47. The monoisotopic (exact) mass is 422 g/mol. The van der Waals surface area contributed by atoms with Crippen molar-refractivity contribution in [1.29, 1.82) is 0 Å². The number of para-hydroxylation sites is 1. The summed E-state index contributed by atoms with van der Waals surface area (Å²) in [5.41, 5.74) is 1.51. The number of thioether (sulfide) groups is 1. The molecule has 30 heavy (non-hydrogen) atoms. The maximum atomic E-state index is 12.1. The molecule has 2 aromatic carbocycles. The first-order valence-corrected chi connectivity index (χ1v) is 10.8. The molecule has 8 heteroatoms. The first-order chi connectivity index (χ1) is 14.7. The summed E-state index contributed by atoms with van der Waals surface area (Å²) in [6.07, 6.45) is 3.35. The van der Waals surface area contributed by atoms with Crippen LogP contribution in [0.25, 0.3) is 11.4 Å². The predicted molar refractivity (Wildman–Crippen MR) is 118 cm³/mol. The van der Waals surface area contributed by atoms with Gasteiger partial charge in [-0.05, 0) is 42.7 Å². The van der Waals surface area contributed by atoms with Crippen LogP contribution in [0.3, 0.4) is 0 Å². The fourth-order valence-electron chi connectivity index (χ4n) is 3.09. The van der Waals surface area contributed by atoms with E-state index in [9.17, 15) is 4.79 Å². The van der Waals surface area contributed by atoms with E-state index in [1.165, 1.54) is 0 Å². The van der Waals surface area contributed by atoms with Gasteiger partial charge in [0.05, 0.1) is 18.1 Å². The SMILES string of the molecule is CSc1cnc(-c2ccc(NC(=O)Oc3ccccc3)cc2)nc1N1CCOCC1. The molecule has 0 aliphatic carbocycles. The Bertz CT molecular complexity index is 993. The smallest absolute Gasteiger partial charge is 0.410 e. The second kappa shape index (κ2) is 9.60. The number of nitrogens with one attached hydrogen (secondary N) is 1. The molecular formula is C22H22N4O3S. The van der Waals surface area contributed by atoms with Crippen LogP contribution in [0.4, 0.5) is 16.3 Å². The molecule has 0 unspecified atom stereocenters. The minimum absolute atomic E-state index is 0.490. The van der Waals surface area contributed by atoms with Crippen molar-refractivity contribution in [2.75, 3.05) is 42.8 Å². The Kier molecular flexibility index (Phi) is 6.46. The van der Waals surface area contributed by atoms with Gasteiger partial charge in [-0.3, -0.25) is 5.32 Å². The van der Waals surface area contributed by atoms with Gasteiger partial charge < -0.3 is 14.4 Å². The van der Waals surface area contributed by atoms with Crippen LogP contribution in [0.2, 0.25) is 0 Å². The van der Waals surface area contributed by atoms with Gasteiger partial charge in [0.25, 0.3) is 0 Å². The molecule has 4 rings (SSSR count). The molecule has 1 amide bonds. The Hall–Kier alpha value is -3.10. The zero-order chi connectivity index (χ0) is 20.8. The zero-order valence-corrected chi connectivity index (χ0v) is 17.4. The summed E-state index contributed by atoms with van der Waals surface area (Å²) in [5, 5.41) is 2.72. The highest BCUT2D eigenvalue weighted by Crippen LogP contribution is 2.29. The van der Waals surface area contributed by atoms with Crippen molar-refractivity contribution in [1.82, 2.24) is 9.97 Å². The summed E-state index contributed by atoms with van der Waals surface area (Å²) in [5.74, 6) is 2.07. The summed E-state index contributed by atoms with van der Waals surface area (Å²) in [7, 11) is 0. The molecule has 1 fully saturated rings. The van der Waals surface area contributed by atoms with Crippen LogP contribution in [0.15, 0.2) is 65.7 Å². The fraction of sp³-hybridized carbons (Fsp3) is 0.227. The van der Waals surface area contributed by atoms with Crippen LogP contribution < -0.4 is 15.0 Å². The van der Waals surface area contributed by atoms with E-state index in [2.05, 4.69) is 15.2 Å². The van der Waals surface area contributed by atoms with Gasteiger partial charge in [-0.15, -0.1) is 11.8 Å². The number of anilines is 2. The Morgan fingerprint density at radius 2 is 1.83 bits per heavy atom. The molecule has 2 heterocycles. The molecule has 0 atom stereocenters. The summed E-state index contributed by atoms with van der Waals surface area (Å²) in [4.78, 5) is 24.7. The molecule has 0 bridgehead atoms. The van der Waals surface area contributed by atoms with E-state index in [-0.39, 0.29) is 0 Å². The zero-order valence-electron chi connectivity index (χ0n) is 16.6. The third kappa shape index (κ3) is 4.90. The summed E-state index contributed by atoms with van der Waals surface area (Å²) in [6.45, 7) is 3.03. The van der Waals surface area contributed by atoms with Gasteiger partial charge in [0.2, 0.25) is 0 Å². The van der Waals surface area contributed by atoms with Crippen molar-refractivity contribution in [3.63, 3.8) is 0 Å². The topological polar surface area (TPSA) is 76.6 Å². The van der Waals surface area contributed by atoms with Crippen LogP contribution in [0, 0.1) is 0 Å². The maximum Gasteiger partial charge on any atom is 0.417 e. The van der Waals surface area contributed by atoms with Crippen molar-refractivity contribution in [2.24, 2.45) is 0 Å². The molecule has 0 spiro atoms. The van der Waals surface area contributed by atoms with E-state index in [1.54, 1.807) is 23.9 Å². The van der Waals surface area contributed by atoms with E-state index in [1.807, 2.05) is 54.9 Å². The number of carbonyl (C=O) groups excluding carboxylic acids is 1. The van der Waals surface area contributed by atoms with Crippen molar-refractivity contribution in [3.05, 3.63) is 60.8 Å². The minimum Gasteiger partial charge on any atom is -0.410 e. The largest absolute Gasteiger partial charge is 0.417 e. The van der Waals surface area contributed by atoms with Crippen LogP contribution in [-0.2, 0) is 4.74 Å². The number of benzene rings is 2. The summed E-state index contributed by atoms with van der Waals surface area (Å²) >= 11 is 1.63. The molecule has 1 saturated heterocycles. The van der Waals surface area contributed by atoms with Gasteiger partial charge in [-0.1, -0.05) is 18.2 Å². The van der Waals surface area contributed by atoms with E-state index >= 15 is 0 Å². The highest BCUT2D eigenvalue weighted by molar-refractivity contribution is 7.98. The number of ether oxygens (including phenoxy) is 2. The third-order valence-corrected chi connectivity index (χ3v) is 5.34. The molecule has 7 nitrogen and oxygen atoms in total. The lowest BCUT2D eigenvalue weighted by atomic mass is 10.2. The standard InChI is InChI=1S/C22H22N4O3S/c1-30-19-15-23-20(25-21(19)26-11-13-28-14-12-26)16-7-9-17(10-8-16)24-22(27)29-18-5-3-2-4-6-18/h2-10,15H,11-14H2,1H3,(H,24,27). The molecule has 1 aliphatic heterocycles. The Labute approximate surface area is 179 Å². The van der Waals surface area contributed by atoms with Crippen LogP contribution in [0.1, 0.15) is 0 Å². The highest BCUT2D eigenvalue weighted by atomic mass is 32.2. The Morgan fingerprint density at radius 1 is 1.10 bits per heavy atom. The first-order valence-electron chi connectivity index (χ1n) is 9.61. The van der Waals surface area contributed by atoms with Gasteiger partial charge in [-0.2, -0.15) is 0 Å². The second-order valence-corrected chi connectivity index (χ2v) is 7.44. The van der Waals surface area contributed by atoms with Crippen LogP contribution in [0.5, 0.6) is 5.75 Å². The quantitative estimate of drug-likeness (QED) is 0.614. The minimum atomic E-state index is -0.538. The van der Waals surface area contributed by atoms with E-state index in [0.29, 0.717) is 30.5 Å². The normalized spacial score (nSPS) is 13.7. The number of hydrogen-bond acceptors (Lipinski definition) is 7. The average Bonchev–Trinajstić information content (AvgIpc) is 2.80. The lowest BCUT2D eigenvalue weighted by molar-refractivity contribution is 0.122. The molecule has 0 radical (unpaired) electrons. The number of morpholine rings is 1. The predicted octanol–water partition coefficient (Wildman–Crippen LogP) is 4.31. The number of rotatable bonds is 5. The third-order valence-electron chi connectivity index (χ3n) is 4.61.